The van der Waals surface area contributed by atoms with E-state index in [2.05, 4.69) is 5.10 Å². The molecule has 36 heavy (non-hydrogen) atoms. The number of carbonyl (C=O) groups is 1. The highest BCUT2D eigenvalue weighted by atomic mass is 16.5. The molecule has 3 aromatic carbocycles. The SMILES string of the molecule is COc1ccc(-c2c(-c3cc(OC)c(OC)c(OC)c3)cnn2C(C)=O)cc1OCc1ccccc1. The summed E-state index contributed by atoms with van der Waals surface area (Å²) in [5, 5.41) is 4.37. The van der Waals surface area contributed by atoms with Gasteiger partial charge in [0.25, 0.3) is 0 Å². The topological polar surface area (TPSA) is 81.0 Å². The Morgan fingerprint density at radius 3 is 2.00 bits per heavy atom. The summed E-state index contributed by atoms with van der Waals surface area (Å²) in [6, 6.07) is 19.0. The van der Waals surface area contributed by atoms with Crippen LogP contribution >= 0.6 is 0 Å². The first kappa shape index (κ1) is 24.7. The molecule has 0 amide bonds. The van der Waals surface area contributed by atoms with Crippen LogP contribution < -0.4 is 23.7 Å². The average Bonchev–Trinajstić information content (AvgIpc) is 3.37. The van der Waals surface area contributed by atoms with Crippen LogP contribution in [-0.2, 0) is 6.61 Å². The molecule has 0 radical (unpaired) electrons. The van der Waals surface area contributed by atoms with Crippen LogP contribution in [0.3, 0.4) is 0 Å². The molecule has 0 aliphatic carbocycles. The zero-order chi connectivity index (χ0) is 25.7. The molecule has 0 N–H and O–H groups in total. The van der Waals surface area contributed by atoms with E-state index < -0.39 is 0 Å². The normalized spacial score (nSPS) is 10.6. The van der Waals surface area contributed by atoms with Crippen molar-refractivity contribution in [3.8, 4) is 51.1 Å². The summed E-state index contributed by atoms with van der Waals surface area (Å²) in [5.41, 5.74) is 3.81. The zero-order valence-electron chi connectivity index (χ0n) is 20.9. The molecule has 4 aromatic rings. The maximum Gasteiger partial charge on any atom is 0.244 e. The molecule has 0 aliphatic rings. The summed E-state index contributed by atoms with van der Waals surface area (Å²) in [6.07, 6.45) is 1.64. The number of hydrogen-bond acceptors (Lipinski definition) is 7. The van der Waals surface area contributed by atoms with E-state index in [1.807, 2.05) is 60.7 Å². The second kappa shape index (κ2) is 10.9. The van der Waals surface area contributed by atoms with Crippen molar-refractivity contribution in [1.82, 2.24) is 9.78 Å². The minimum absolute atomic E-state index is 0.230. The van der Waals surface area contributed by atoms with Crippen LogP contribution in [0.15, 0.2) is 66.9 Å². The molecule has 0 saturated carbocycles. The Morgan fingerprint density at radius 1 is 0.778 bits per heavy atom. The van der Waals surface area contributed by atoms with Crippen molar-refractivity contribution in [2.45, 2.75) is 13.5 Å². The molecule has 0 fully saturated rings. The molecule has 0 unspecified atom stereocenters. The van der Waals surface area contributed by atoms with Gasteiger partial charge in [-0.1, -0.05) is 30.3 Å². The Bertz CT molecular complexity index is 1340. The Balaban J connectivity index is 1.83. The summed E-state index contributed by atoms with van der Waals surface area (Å²) < 4.78 is 29.5. The van der Waals surface area contributed by atoms with Crippen LogP contribution in [-0.4, -0.2) is 44.1 Å². The number of rotatable bonds is 9. The highest BCUT2D eigenvalue weighted by molar-refractivity contribution is 5.90. The van der Waals surface area contributed by atoms with E-state index in [0.717, 1.165) is 16.7 Å². The third-order valence-corrected chi connectivity index (χ3v) is 5.72. The zero-order valence-corrected chi connectivity index (χ0v) is 20.9. The lowest BCUT2D eigenvalue weighted by atomic mass is 10.00. The lowest BCUT2D eigenvalue weighted by Crippen LogP contribution is -2.09. The monoisotopic (exact) mass is 488 g/mol. The van der Waals surface area contributed by atoms with Gasteiger partial charge in [-0.2, -0.15) is 9.78 Å². The predicted octanol–water partition coefficient (Wildman–Crippen LogP) is 5.49. The fraction of sp³-hybridized carbons (Fsp3) is 0.214. The summed E-state index contributed by atoms with van der Waals surface area (Å²) in [6.45, 7) is 1.83. The van der Waals surface area contributed by atoms with Gasteiger partial charge in [0.1, 0.15) is 6.61 Å². The molecule has 186 valence electrons. The van der Waals surface area contributed by atoms with Gasteiger partial charge in [0.05, 0.1) is 40.3 Å². The van der Waals surface area contributed by atoms with Crippen LogP contribution in [0, 0.1) is 0 Å². The smallest absolute Gasteiger partial charge is 0.244 e. The van der Waals surface area contributed by atoms with E-state index in [-0.39, 0.29) is 5.91 Å². The van der Waals surface area contributed by atoms with E-state index in [0.29, 0.717) is 46.6 Å². The quantitative estimate of drug-likeness (QED) is 0.308. The van der Waals surface area contributed by atoms with Gasteiger partial charge in [-0.05, 0) is 41.5 Å². The number of hydrogen-bond donors (Lipinski definition) is 0. The number of ether oxygens (including phenoxy) is 5. The molecule has 0 bridgehead atoms. The minimum atomic E-state index is -0.230. The lowest BCUT2D eigenvalue weighted by molar-refractivity contribution is 0.0923. The molecule has 8 nitrogen and oxygen atoms in total. The second-order valence-corrected chi connectivity index (χ2v) is 7.89. The van der Waals surface area contributed by atoms with Gasteiger partial charge in [0.2, 0.25) is 11.7 Å². The highest BCUT2D eigenvalue weighted by Gasteiger charge is 2.22. The number of benzene rings is 3. The van der Waals surface area contributed by atoms with Crippen LogP contribution in [0.4, 0.5) is 0 Å². The first-order valence-corrected chi connectivity index (χ1v) is 11.2. The fourth-order valence-corrected chi connectivity index (χ4v) is 3.98. The van der Waals surface area contributed by atoms with Gasteiger partial charge in [-0.15, -0.1) is 0 Å². The Labute approximate surface area is 209 Å². The predicted molar refractivity (Wildman–Crippen MR) is 136 cm³/mol. The van der Waals surface area contributed by atoms with Crippen LogP contribution in [0.25, 0.3) is 22.4 Å². The molecule has 4 rings (SSSR count). The maximum atomic E-state index is 12.5. The van der Waals surface area contributed by atoms with Crippen LogP contribution in [0.1, 0.15) is 17.3 Å². The second-order valence-electron chi connectivity index (χ2n) is 7.89. The summed E-state index contributed by atoms with van der Waals surface area (Å²) >= 11 is 0. The third kappa shape index (κ3) is 4.84. The molecular weight excluding hydrogens is 460 g/mol. The van der Waals surface area contributed by atoms with Gasteiger partial charge in [0, 0.05) is 18.1 Å². The molecule has 0 atom stereocenters. The highest BCUT2D eigenvalue weighted by Crippen LogP contribution is 2.44. The number of nitrogens with zero attached hydrogens (tertiary/aromatic N) is 2. The Kier molecular flexibility index (Phi) is 7.44. The third-order valence-electron chi connectivity index (χ3n) is 5.72. The van der Waals surface area contributed by atoms with Crippen molar-refractivity contribution >= 4 is 5.91 Å². The number of methoxy groups -OCH3 is 4. The minimum Gasteiger partial charge on any atom is -0.493 e. The first-order chi connectivity index (χ1) is 17.5. The number of aromatic nitrogens is 2. The summed E-state index contributed by atoms with van der Waals surface area (Å²) in [7, 11) is 6.25. The van der Waals surface area contributed by atoms with E-state index >= 15 is 0 Å². The van der Waals surface area contributed by atoms with E-state index in [1.54, 1.807) is 34.6 Å². The average molecular weight is 489 g/mol. The van der Waals surface area contributed by atoms with Gasteiger partial charge in [-0.3, -0.25) is 4.79 Å². The molecule has 1 aromatic heterocycles. The first-order valence-electron chi connectivity index (χ1n) is 11.2. The van der Waals surface area contributed by atoms with Crippen molar-refractivity contribution in [3.63, 3.8) is 0 Å². The molecule has 0 aliphatic heterocycles. The van der Waals surface area contributed by atoms with E-state index in [4.69, 9.17) is 23.7 Å². The maximum absolute atomic E-state index is 12.5. The van der Waals surface area contributed by atoms with Crippen molar-refractivity contribution in [2.24, 2.45) is 0 Å². The Morgan fingerprint density at radius 2 is 1.42 bits per heavy atom. The van der Waals surface area contributed by atoms with Gasteiger partial charge in [-0.25, -0.2) is 0 Å². The van der Waals surface area contributed by atoms with Gasteiger partial charge in [0.15, 0.2) is 23.0 Å². The largest absolute Gasteiger partial charge is 0.493 e. The van der Waals surface area contributed by atoms with E-state index in [9.17, 15) is 4.79 Å². The standard InChI is InChI=1S/C28H28N2O6/c1-18(31)30-27(22(16-29-30)21-14-25(33-3)28(35-5)26(15-21)34-4)20-11-12-23(32-2)24(13-20)36-17-19-9-7-6-8-10-19/h6-16H,17H2,1-5H3. The van der Waals surface area contributed by atoms with Crippen molar-refractivity contribution in [2.75, 3.05) is 28.4 Å². The van der Waals surface area contributed by atoms with Gasteiger partial charge < -0.3 is 23.7 Å². The Hall–Kier alpha value is -4.46. The van der Waals surface area contributed by atoms with E-state index in [1.165, 1.54) is 11.6 Å². The van der Waals surface area contributed by atoms with Crippen molar-refractivity contribution in [1.29, 1.82) is 0 Å². The number of carbonyl (C=O) groups excluding carboxylic acids is 1. The van der Waals surface area contributed by atoms with Gasteiger partial charge >= 0.3 is 0 Å². The summed E-state index contributed by atoms with van der Waals surface area (Å²) in [4.78, 5) is 12.5. The van der Waals surface area contributed by atoms with Crippen molar-refractivity contribution in [3.05, 3.63) is 72.4 Å². The molecular formula is C28H28N2O6. The van der Waals surface area contributed by atoms with Crippen LogP contribution in [0.5, 0.6) is 28.7 Å². The lowest BCUT2D eigenvalue weighted by Gasteiger charge is -2.16. The molecule has 0 spiro atoms. The molecule has 8 heteroatoms. The molecule has 0 saturated heterocycles. The summed E-state index contributed by atoms with van der Waals surface area (Å²) in [5.74, 6) is 2.37. The van der Waals surface area contributed by atoms with Crippen LogP contribution in [0.2, 0.25) is 0 Å². The van der Waals surface area contributed by atoms with Crippen molar-refractivity contribution < 1.29 is 28.5 Å². The molecule has 1 heterocycles. The fourth-order valence-electron chi connectivity index (χ4n) is 3.98.